The van der Waals surface area contributed by atoms with E-state index in [1.54, 1.807) is 6.92 Å². The lowest BCUT2D eigenvalue weighted by molar-refractivity contribution is -0.117. The summed E-state index contributed by atoms with van der Waals surface area (Å²) in [6.45, 7) is 5.36. The normalized spacial score (nSPS) is 38.3. The van der Waals surface area contributed by atoms with Crippen molar-refractivity contribution in [3.05, 3.63) is 24.3 Å². The number of carbonyl (C=O) groups is 1. The number of ether oxygens (including phenoxy) is 1. The Labute approximate surface area is 82.1 Å². The fourth-order valence-corrected chi connectivity index (χ4v) is 1.45. The lowest BCUT2D eigenvalue weighted by atomic mass is 9.91. The number of ketones is 1. The number of fused-ring (bicyclic) bond motifs is 1. The Bertz CT molecular complexity index is 396. The number of carbonyl (C=O) groups excluding carboxylic acids is 1. The number of aliphatic hydroxyl groups is 1. The van der Waals surface area contributed by atoms with E-state index in [9.17, 15) is 9.90 Å². The van der Waals surface area contributed by atoms with Crippen molar-refractivity contribution in [1.82, 2.24) is 0 Å². The molecule has 2 rings (SSSR count). The highest BCUT2D eigenvalue weighted by molar-refractivity contribution is 6.04. The Morgan fingerprint density at radius 1 is 1.79 bits per heavy atom. The molecule has 72 valence electrons. The number of hydrogen-bond acceptors (Lipinski definition) is 3. The molecule has 3 unspecified atom stereocenters. The van der Waals surface area contributed by atoms with E-state index < -0.39 is 17.8 Å². The lowest BCUT2D eigenvalue weighted by Gasteiger charge is -2.08. The summed E-state index contributed by atoms with van der Waals surface area (Å²) in [7, 11) is 0. The van der Waals surface area contributed by atoms with Gasteiger partial charge in [0.05, 0.1) is 0 Å². The molecule has 0 aromatic heterocycles. The van der Waals surface area contributed by atoms with E-state index in [1.165, 1.54) is 12.2 Å². The lowest BCUT2D eigenvalue weighted by Crippen LogP contribution is -2.33. The van der Waals surface area contributed by atoms with E-state index in [4.69, 9.17) is 4.74 Å². The largest absolute Gasteiger partial charge is 0.386 e. The topological polar surface area (TPSA) is 49.8 Å². The van der Waals surface area contributed by atoms with Gasteiger partial charge >= 0.3 is 0 Å². The molecule has 0 aromatic carbocycles. The molecular formula is C11H10O3. The van der Waals surface area contributed by atoms with Crippen LogP contribution in [0.1, 0.15) is 6.92 Å². The molecule has 0 spiro atoms. The molecule has 1 aliphatic carbocycles. The van der Waals surface area contributed by atoms with Gasteiger partial charge in [0.15, 0.2) is 0 Å². The smallest absolute Gasteiger partial charge is 0.221 e. The minimum absolute atomic E-state index is 0.193. The van der Waals surface area contributed by atoms with Crippen LogP contribution in [-0.4, -0.2) is 28.7 Å². The van der Waals surface area contributed by atoms with Crippen LogP contribution in [0.25, 0.3) is 0 Å². The maximum absolute atomic E-state index is 11.5. The van der Waals surface area contributed by atoms with Crippen LogP contribution in [0.3, 0.4) is 0 Å². The summed E-state index contributed by atoms with van der Waals surface area (Å²) < 4.78 is 5.16. The van der Waals surface area contributed by atoms with Crippen LogP contribution < -0.4 is 0 Å². The molecule has 1 N–H and O–H groups in total. The number of allylic oxidation sites excluding steroid dienone is 1. The van der Waals surface area contributed by atoms with Crippen LogP contribution in [0.4, 0.5) is 0 Å². The molecule has 3 heteroatoms. The summed E-state index contributed by atoms with van der Waals surface area (Å²) in [4.78, 5) is 11.5. The second-order valence-corrected chi connectivity index (χ2v) is 3.52. The van der Waals surface area contributed by atoms with Crippen molar-refractivity contribution in [3.63, 3.8) is 0 Å². The van der Waals surface area contributed by atoms with Gasteiger partial charge in [-0.1, -0.05) is 18.4 Å². The fourth-order valence-electron chi connectivity index (χ4n) is 1.45. The average molecular weight is 190 g/mol. The molecular weight excluding hydrogens is 180 g/mol. The van der Waals surface area contributed by atoms with Gasteiger partial charge in [0.1, 0.15) is 12.2 Å². The van der Waals surface area contributed by atoms with E-state index in [2.05, 4.69) is 18.4 Å². The van der Waals surface area contributed by atoms with Crippen molar-refractivity contribution in [2.24, 2.45) is 0 Å². The molecule has 3 nitrogen and oxygen atoms in total. The van der Waals surface area contributed by atoms with Crippen molar-refractivity contribution >= 4 is 5.78 Å². The molecule has 0 aromatic rings. The Morgan fingerprint density at radius 2 is 2.50 bits per heavy atom. The van der Waals surface area contributed by atoms with Gasteiger partial charge in [-0.3, -0.25) is 4.79 Å². The third kappa shape index (κ3) is 1.20. The minimum Gasteiger partial charge on any atom is -0.386 e. The molecule has 0 saturated carbocycles. The molecule has 1 heterocycles. The molecule has 1 saturated heterocycles. The zero-order valence-electron chi connectivity index (χ0n) is 7.78. The van der Waals surface area contributed by atoms with Crippen molar-refractivity contribution in [2.45, 2.75) is 24.7 Å². The van der Waals surface area contributed by atoms with Gasteiger partial charge in [0.25, 0.3) is 0 Å². The standard InChI is InChI=1S/C11H10O3/c1-7(2)5-6-11-9(13)4-3-8(12)10(11)14-11/h3-4,8,10,12H,1H2,2H3. The zero-order chi connectivity index (χ0) is 10.3. The van der Waals surface area contributed by atoms with Gasteiger partial charge in [-0.25, -0.2) is 0 Å². The van der Waals surface area contributed by atoms with Gasteiger partial charge in [-0.15, -0.1) is 0 Å². The van der Waals surface area contributed by atoms with Crippen LogP contribution in [0.5, 0.6) is 0 Å². The molecule has 1 fully saturated rings. The third-order valence-corrected chi connectivity index (χ3v) is 2.24. The summed E-state index contributed by atoms with van der Waals surface area (Å²) in [6.07, 6.45) is 1.53. The first-order chi connectivity index (χ1) is 6.56. The molecule has 1 aliphatic heterocycles. The van der Waals surface area contributed by atoms with Crippen LogP contribution in [0.2, 0.25) is 0 Å². The monoisotopic (exact) mass is 190 g/mol. The number of epoxide rings is 1. The predicted octanol–water partition coefficient (Wildman–Crippen LogP) is 0.203. The molecule has 0 amide bonds. The summed E-state index contributed by atoms with van der Waals surface area (Å²) in [5.74, 6) is 5.24. The van der Waals surface area contributed by atoms with E-state index in [0.717, 1.165) is 0 Å². The Hall–Kier alpha value is -1.37. The SMILES string of the molecule is C=C(C)C#CC12OC1C(O)C=CC2=O. The fraction of sp³-hybridized carbons (Fsp3) is 0.364. The second kappa shape index (κ2) is 2.81. The van der Waals surface area contributed by atoms with E-state index >= 15 is 0 Å². The first kappa shape index (κ1) is 9.20. The first-order valence-electron chi connectivity index (χ1n) is 4.33. The van der Waals surface area contributed by atoms with Crippen molar-refractivity contribution in [2.75, 3.05) is 0 Å². The number of hydrogen-bond donors (Lipinski definition) is 1. The summed E-state index contributed by atoms with van der Waals surface area (Å²) >= 11 is 0. The van der Waals surface area contributed by atoms with Crippen LogP contribution in [0.15, 0.2) is 24.3 Å². The van der Waals surface area contributed by atoms with E-state index in [0.29, 0.717) is 5.57 Å². The quantitative estimate of drug-likeness (QED) is 0.438. The molecule has 14 heavy (non-hydrogen) atoms. The summed E-state index contributed by atoms with van der Waals surface area (Å²) in [5, 5.41) is 9.41. The highest BCUT2D eigenvalue weighted by Gasteiger charge is 2.65. The molecule has 2 aliphatic rings. The molecule has 3 atom stereocenters. The number of aliphatic hydroxyl groups excluding tert-OH is 1. The second-order valence-electron chi connectivity index (χ2n) is 3.52. The van der Waals surface area contributed by atoms with E-state index in [1.807, 2.05) is 0 Å². The van der Waals surface area contributed by atoms with Gasteiger partial charge in [-0.05, 0) is 24.6 Å². The van der Waals surface area contributed by atoms with Crippen molar-refractivity contribution < 1.29 is 14.6 Å². The average Bonchev–Trinajstić information content (AvgIpc) is 2.86. The molecule has 0 bridgehead atoms. The van der Waals surface area contributed by atoms with E-state index in [-0.39, 0.29) is 5.78 Å². The maximum Gasteiger partial charge on any atom is 0.221 e. The van der Waals surface area contributed by atoms with Gasteiger partial charge in [-0.2, -0.15) is 0 Å². The van der Waals surface area contributed by atoms with Gasteiger partial charge in [0, 0.05) is 0 Å². The third-order valence-electron chi connectivity index (χ3n) is 2.24. The summed E-state index contributed by atoms with van der Waals surface area (Å²) in [5.41, 5.74) is -0.418. The zero-order valence-corrected chi connectivity index (χ0v) is 7.78. The highest BCUT2D eigenvalue weighted by atomic mass is 16.6. The Kier molecular flexibility index (Phi) is 1.84. The Morgan fingerprint density at radius 3 is 3.14 bits per heavy atom. The maximum atomic E-state index is 11.5. The predicted molar refractivity (Wildman–Crippen MR) is 50.3 cm³/mol. The molecule has 0 radical (unpaired) electrons. The van der Waals surface area contributed by atoms with Crippen LogP contribution in [-0.2, 0) is 9.53 Å². The Balaban J connectivity index is 2.29. The van der Waals surface area contributed by atoms with Crippen LogP contribution >= 0.6 is 0 Å². The highest BCUT2D eigenvalue weighted by Crippen LogP contribution is 2.42. The van der Waals surface area contributed by atoms with Crippen molar-refractivity contribution in [3.8, 4) is 11.8 Å². The van der Waals surface area contributed by atoms with Crippen molar-refractivity contribution in [1.29, 1.82) is 0 Å². The van der Waals surface area contributed by atoms with Crippen LogP contribution in [0, 0.1) is 11.8 Å². The summed E-state index contributed by atoms with van der Waals surface area (Å²) in [6, 6.07) is 0. The number of rotatable bonds is 0. The van der Waals surface area contributed by atoms with Gasteiger partial charge < -0.3 is 9.84 Å². The van der Waals surface area contributed by atoms with Gasteiger partial charge in [0.2, 0.25) is 11.4 Å². The first-order valence-corrected chi connectivity index (χ1v) is 4.33. The minimum atomic E-state index is -1.09.